The van der Waals surface area contributed by atoms with Crippen molar-refractivity contribution in [1.29, 1.82) is 0 Å². The Hall–Kier alpha value is -2.43. The fourth-order valence-corrected chi connectivity index (χ4v) is 2.24. The largest absolute Gasteiger partial charge is 0.288 e. The van der Waals surface area contributed by atoms with Gasteiger partial charge >= 0.3 is 0 Å². The molecule has 5 heteroatoms. The van der Waals surface area contributed by atoms with E-state index in [4.69, 9.17) is 11.6 Å². The number of benzene rings is 1. The molecular formula is C16H11ClN2O2. The van der Waals surface area contributed by atoms with Gasteiger partial charge in [0, 0.05) is 11.1 Å². The number of nitrogens with zero attached hydrogens (tertiary/aromatic N) is 2. The highest BCUT2D eigenvalue weighted by Gasteiger charge is 2.16. The van der Waals surface area contributed by atoms with E-state index in [1.54, 1.807) is 18.2 Å². The van der Waals surface area contributed by atoms with E-state index in [9.17, 15) is 10.0 Å². The minimum atomic E-state index is -0.225. The summed E-state index contributed by atoms with van der Waals surface area (Å²) < 4.78 is 0. The van der Waals surface area contributed by atoms with E-state index >= 15 is 0 Å². The Morgan fingerprint density at radius 1 is 1.10 bits per heavy atom. The first-order chi connectivity index (χ1) is 10.1. The van der Waals surface area contributed by atoms with Gasteiger partial charge in [0.2, 0.25) is 0 Å². The van der Waals surface area contributed by atoms with Crippen LogP contribution in [-0.2, 0) is 4.79 Å². The van der Waals surface area contributed by atoms with Crippen molar-refractivity contribution in [3.63, 3.8) is 0 Å². The Morgan fingerprint density at radius 3 is 2.57 bits per heavy atom. The molecule has 1 aliphatic carbocycles. The molecule has 0 saturated carbocycles. The Morgan fingerprint density at radius 2 is 1.86 bits per heavy atom. The molecule has 1 aromatic rings. The summed E-state index contributed by atoms with van der Waals surface area (Å²) in [6.45, 7) is 0. The number of hydroxylamine groups is 2. The van der Waals surface area contributed by atoms with Crippen LogP contribution in [0, 0.1) is 0 Å². The zero-order valence-electron chi connectivity index (χ0n) is 10.9. The Labute approximate surface area is 126 Å². The molecule has 104 valence electrons. The summed E-state index contributed by atoms with van der Waals surface area (Å²) in [5, 5.41) is 11.0. The van der Waals surface area contributed by atoms with E-state index in [2.05, 4.69) is 4.99 Å². The lowest BCUT2D eigenvalue weighted by Gasteiger charge is -2.20. The molecule has 0 bridgehead atoms. The molecule has 1 heterocycles. The third-order valence-electron chi connectivity index (χ3n) is 3.12. The first-order valence-corrected chi connectivity index (χ1v) is 6.66. The lowest BCUT2D eigenvalue weighted by Crippen LogP contribution is -2.18. The fourth-order valence-electron chi connectivity index (χ4n) is 2.05. The molecule has 1 N–H and O–H groups in total. The van der Waals surface area contributed by atoms with Crippen molar-refractivity contribution in [2.75, 3.05) is 0 Å². The second-order valence-corrected chi connectivity index (χ2v) is 4.92. The molecule has 0 spiro atoms. The molecule has 0 fully saturated rings. The topological polar surface area (TPSA) is 52.9 Å². The molecular weight excluding hydrogens is 288 g/mol. The van der Waals surface area contributed by atoms with Gasteiger partial charge in [-0.2, -0.15) is 0 Å². The van der Waals surface area contributed by atoms with Crippen molar-refractivity contribution in [3.8, 4) is 0 Å². The minimum Gasteiger partial charge on any atom is -0.288 e. The van der Waals surface area contributed by atoms with Crippen molar-refractivity contribution in [2.45, 2.75) is 0 Å². The SMILES string of the molecule is O=C1C=CC(=C2C=C(c3ccccc3)N(O)C=N2)C=C1Cl. The van der Waals surface area contributed by atoms with Gasteiger partial charge in [0.15, 0.2) is 5.78 Å². The van der Waals surface area contributed by atoms with Gasteiger partial charge in [-0.05, 0) is 24.3 Å². The number of ketones is 1. The molecule has 3 rings (SSSR count). The molecule has 2 aliphatic rings. The molecule has 0 aromatic heterocycles. The number of hydrogen-bond donors (Lipinski definition) is 1. The van der Waals surface area contributed by atoms with Gasteiger partial charge in [0.1, 0.15) is 6.34 Å². The van der Waals surface area contributed by atoms with Crippen LogP contribution in [0.5, 0.6) is 0 Å². The van der Waals surface area contributed by atoms with Crippen LogP contribution in [-0.4, -0.2) is 22.4 Å². The predicted molar refractivity (Wildman–Crippen MR) is 81.6 cm³/mol. The van der Waals surface area contributed by atoms with Crippen molar-refractivity contribution in [2.24, 2.45) is 4.99 Å². The third kappa shape index (κ3) is 2.72. The lowest BCUT2D eigenvalue weighted by atomic mass is 10.0. The molecule has 4 nitrogen and oxygen atoms in total. The van der Waals surface area contributed by atoms with Gasteiger partial charge in [-0.3, -0.25) is 10.0 Å². The van der Waals surface area contributed by atoms with Crippen molar-refractivity contribution < 1.29 is 10.0 Å². The number of aliphatic imine (C=N–C) groups is 1. The standard InChI is InChI=1S/C16H11ClN2O2/c17-13-8-12(6-7-16(13)20)14-9-15(19(21)10-18-14)11-4-2-1-3-5-11/h1-10,21H. The van der Waals surface area contributed by atoms with Gasteiger partial charge in [-0.15, -0.1) is 0 Å². The molecule has 1 aromatic carbocycles. The van der Waals surface area contributed by atoms with Gasteiger partial charge in [0.25, 0.3) is 0 Å². The summed E-state index contributed by atoms with van der Waals surface area (Å²) in [6.07, 6.45) is 7.69. The summed E-state index contributed by atoms with van der Waals surface area (Å²) in [4.78, 5) is 15.5. The zero-order chi connectivity index (χ0) is 14.8. The number of carbonyl (C=O) groups excluding carboxylic acids is 1. The maximum atomic E-state index is 11.3. The first-order valence-electron chi connectivity index (χ1n) is 6.28. The summed E-state index contributed by atoms with van der Waals surface area (Å²) in [5.41, 5.74) is 2.80. The molecule has 0 atom stereocenters. The van der Waals surface area contributed by atoms with E-state index in [1.165, 1.54) is 12.4 Å². The van der Waals surface area contributed by atoms with E-state index in [-0.39, 0.29) is 10.8 Å². The Kier molecular flexibility index (Phi) is 3.56. The lowest BCUT2D eigenvalue weighted by molar-refractivity contribution is -0.110. The van der Waals surface area contributed by atoms with Crippen LogP contribution in [0.25, 0.3) is 5.70 Å². The Bertz CT molecular complexity index is 743. The van der Waals surface area contributed by atoms with E-state index in [0.29, 0.717) is 11.4 Å². The van der Waals surface area contributed by atoms with Crippen LogP contribution in [0.2, 0.25) is 0 Å². The summed E-state index contributed by atoms with van der Waals surface area (Å²) >= 11 is 5.86. The monoisotopic (exact) mass is 298 g/mol. The summed E-state index contributed by atoms with van der Waals surface area (Å²) in [7, 11) is 0. The molecule has 0 radical (unpaired) electrons. The van der Waals surface area contributed by atoms with Gasteiger partial charge < -0.3 is 0 Å². The second-order valence-electron chi connectivity index (χ2n) is 4.52. The highest BCUT2D eigenvalue weighted by molar-refractivity contribution is 6.44. The molecule has 0 saturated heterocycles. The van der Waals surface area contributed by atoms with Crippen LogP contribution in [0.15, 0.2) is 75.9 Å². The zero-order valence-corrected chi connectivity index (χ0v) is 11.7. The van der Waals surface area contributed by atoms with E-state index < -0.39 is 0 Å². The highest BCUT2D eigenvalue weighted by atomic mass is 35.5. The normalized spacial score (nSPS) is 21.4. The number of rotatable bonds is 1. The first kappa shape index (κ1) is 13.5. The quantitative estimate of drug-likeness (QED) is 0.865. The van der Waals surface area contributed by atoms with Crippen LogP contribution in [0.4, 0.5) is 0 Å². The smallest absolute Gasteiger partial charge is 0.197 e. The van der Waals surface area contributed by atoms with Crippen LogP contribution >= 0.6 is 11.6 Å². The minimum absolute atomic E-state index is 0.149. The van der Waals surface area contributed by atoms with Crippen LogP contribution < -0.4 is 0 Å². The van der Waals surface area contributed by atoms with Gasteiger partial charge in [-0.1, -0.05) is 41.9 Å². The second kappa shape index (κ2) is 5.52. The summed E-state index contributed by atoms with van der Waals surface area (Å²) in [6, 6.07) is 9.45. The van der Waals surface area contributed by atoms with Crippen LogP contribution in [0.3, 0.4) is 0 Å². The molecule has 21 heavy (non-hydrogen) atoms. The highest BCUT2D eigenvalue weighted by Crippen LogP contribution is 2.27. The third-order valence-corrected chi connectivity index (χ3v) is 3.42. The molecule has 1 aliphatic heterocycles. The van der Waals surface area contributed by atoms with Crippen LogP contribution in [0.1, 0.15) is 5.56 Å². The number of hydrogen-bond acceptors (Lipinski definition) is 4. The maximum absolute atomic E-state index is 11.3. The maximum Gasteiger partial charge on any atom is 0.197 e. The summed E-state index contributed by atoms with van der Waals surface area (Å²) in [5.74, 6) is -0.225. The fraction of sp³-hybridized carbons (Fsp3) is 0. The average Bonchev–Trinajstić information content (AvgIpc) is 2.51. The van der Waals surface area contributed by atoms with Crippen molar-refractivity contribution in [3.05, 3.63) is 76.5 Å². The van der Waals surface area contributed by atoms with Crippen molar-refractivity contribution >= 4 is 29.4 Å². The molecule has 0 amide bonds. The van der Waals surface area contributed by atoms with E-state index in [1.807, 2.05) is 30.3 Å². The van der Waals surface area contributed by atoms with Gasteiger partial charge in [-0.25, -0.2) is 10.1 Å². The number of carbonyl (C=O) groups is 1. The van der Waals surface area contributed by atoms with Gasteiger partial charge in [0.05, 0.1) is 16.4 Å². The number of allylic oxidation sites excluding steroid dienone is 6. The molecule has 0 unspecified atom stereocenters. The average molecular weight is 299 g/mol. The Balaban J connectivity index is 2.06. The predicted octanol–water partition coefficient (Wildman–Crippen LogP) is 3.28. The van der Waals surface area contributed by atoms with E-state index in [0.717, 1.165) is 16.2 Å². The number of halogens is 1. The van der Waals surface area contributed by atoms with Crippen molar-refractivity contribution in [1.82, 2.24) is 5.06 Å².